The molecule has 0 saturated carbocycles. The van der Waals surface area contributed by atoms with E-state index in [2.05, 4.69) is 28.6 Å². The Morgan fingerprint density at radius 1 is 1.57 bits per heavy atom. The fourth-order valence-electron chi connectivity index (χ4n) is 2.00. The highest BCUT2D eigenvalue weighted by atomic mass is 32.1. The van der Waals surface area contributed by atoms with E-state index in [0.29, 0.717) is 6.54 Å². The van der Waals surface area contributed by atoms with Crippen molar-refractivity contribution in [3.63, 3.8) is 0 Å². The van der Waals surface area contributed by atoms with Crippen LogP contribution in [0.5, 0.6) is 0 Å². The molecular weight excluding hydrogens is 286 g/mol. The average molecular weight is 307 g/mol. The predicted octanol–water partition coefficient (Wildman–Crippen LogP) is 1.50. The van der Waals surface area contributed by atoms with Crippen LogP contribution in [0.4, 0.5) is 0 Å². The van der Waals surface area contributed by atoms with Crippen LogP contribution in [0.3, 0.4) is 0 Å². The Labute approximate surface area is 128 Å². The van der Waals surface area contributed by atoms with Gasteiger partial charge in [0.05, 0.1) is 17.9 Å². The molecule has 1 atom stereocenters. The van der Waals surface area contributed by atoms with Crippen molar-refractivity contribution in [3.8, 4) is 0 Å². The van der Waals surface area contributed by atoms with Crippen LogP contribution in [0, 0.1) is 0 Å². The molecule has 0 bridgehead atoms. The first kappa shape index (κ1) is 15.7. The SMILES string of the molecule is CCCC(N)c1cn(CC(=O)NCCc2cccs2)nn1. The van der Waals surface area contributed by atoms with Crippen molar-refractivity contribution < 1.29 is 4.79 Å². The molecule has 21 heavy (non-hydrogen) atoms. The Morgan fingerprint density at radius 3 is 3.14 bits per heavy atom. The number of hydrogen-bond donors (Lipinski definition) is 2. The first-order chi connectivity index (χ1) is 10.2. The van der Waals surface area contributed by atoms with E-state index in [1.165, 1.54) is 9.56 Å². The Balaban J connectivity index is 1.74. The van der Waals surface area contributed by atoms with Gasteiger partial charge in [0.1, 0.15) is 6.54 Å². The molecule has 0 saturated heterocycles. The lowest BCUT2D eigenvalue weighted by atomic mass is 10.1. The van der Waals surface area contributed by atoms with Crippen LogP contribution in [0.25, 0.3) is 0 Å². The molecule has 2 heterocycles. The molecule has 7 heteroatoms. The quantitative estimate of drug-likeness (QED) is 0.774. The van der Waals surface area contributed by atoms with Crippen molar-refractivity contribution in [3.05, 3.63) is 34.3 Å². The maximum absolute atomic E-state index is 11.8. The summed E-state index contributed by atoms with van der Waals surface area (Å²) < 4.78 is 1.53. The third-order valence-electron chi connectivity index (χ3n) is 3.12. The van der Waals surface area contributed by atoms with Crippen LogP contribution >= 0.6 is 11.3 Å². The zero-order chi connectivity index (χ0) is 15.1. The van der Waals surface area contributed by atoms with Gasteiger partial charge >= 0.3 is 0 Å². The smallest absolute Gasteiger partial charge is 0.241 e. The first-order valence-corrected chi connectivity index (χ1v) is 8.01. The Bertz CT molecular complexity index is 551. The number of hydrogen-bond acceptors (Lipinski definition) is 5. The minimum Gasteiger partial charge on any atom is -0.354 e. The lowest BCUT2D eigenvalue weighted by Gasteiger charge is -2.05. The summed E-state index contributed by atoms with van der Waals surface area (Å²) in [5.74, 6) is -0.0629. The Morgan fingerprint density at radius 2 is 2.43 bits per heavy atom. The van der Waals surface area contributed by atoms with Gasteiger partial charge in [0.15, 0.2) is 0 Å². The molecule has 0 spiro atoms. The molecule has 0 aliphatic rings. The molecule has 2 rings (SSSR count). The molecule has 0 aliphatic carbocycles. The predicted molar refractivity (Wildman–Crippen MR) is 82.9 cm³/mol. The van der Waals surface area contributed by atoms with Crippen LogP contribution in [-0.2, 0) is 17.8 Å². The first-order valence-electron chi connectivity index (χ1n) is 7.13. The second-order valence-corrected chi connectivity index (χ2v) is 5.95. The van der Waals surface area contributed by atoms with E-state index in [4.69, 9.17) is 5.73 Å². The van der Waals surface area contributed by atoms with Crippen molar-refractivity contribution in [2.24, 2.45) is 5.73 Å². The second-order valence-electron chi connectivity index (χ2n) is 4.92. The summed E-state index contributed by atoms with van der Waals surface area (Å²) in [6.45, 7) is 2.89. The van der Waals surface area contributed by atoms with Crippen molar-refractivity contribution in [2.45, 2.75) is 38.8 Å². The summed E-state index contributed by atoms with van der Waals surface area (Å²) in [4.78, 5) is 13.1. The standard InChI is InChI=1S/C14H21N5OS/c1-2-4-12(15)13-9-19(18-17-13)10-14(20)16-7-6-11-5-3-8-21-11/h3,5,8-9,12H,2,4,6-7,10,15H2,1H3,(H,16,20). The van der Waals surface area contributed by atoms with Crippen LogP contribution < -0.4 is 11.1 Å². The van der Waals surface area contributed by atoms with Gasteiger partial charge in [-0.15, -0.1) is 16.4 Å². The summed E-state index contributed by atoms with van der Waals surface area (Å²) in [5, 5.41) is 12.9. The van der Waals surface area contributed by atoms with Crippen molar-refractivity contribution in [1.82, 2.24) is 20.3 Å². The number of aromatic nitrogens is 3. The van der Waals surface area contributed by atoms with Gasteiger partial charge in [0.2, 0.25) is 5.91 Å². The van der Waals surface area contributed by atoms with Gasteiger partial charge in [-0.2, -0.15) is 0 Å². The maximum atomic E-state index is 11.8. The molecule has 0 fully saturated rings. The number of carbonyl (C=O) groups excluding carboxylic acids is 1. The van der Waals surface area contributed by atoms with E-state index in [-0.39, 0.29) is 18.5 Å². The third-order valence-corrected chi connectivity index (χ3v) is 4.05. The number of nitrogens with one attached hydrogen (secondary N) is 1. The molecular formula is C14H21N5OS. The summed E-state index contributed by atoms with van der Waals surface area (Å²) in [6, 6.07) is 3.97. The van der Waals surface area contributed by atoms with Crippen LogP contribution in [0.2, 0.25) is 0 Å². The van der Waals surface area contributed by atoms with Crippen LogP contribution in [-0.4, -0.2) is 27.4 Å². The number of rotatable bonds is 8. The van der Waals surface area contributed by atoms with Crippen molar-refractivity contribution >= 4 is 17.2 Å². The number of nitrogens with zero attached hydrogens (tertiary/aromatic N) is 3. The molecule has 0 aliphatic heterocycles. The summed E-state index contributed by atoms with van der Waals surface area (Å²) in [6.07, 6.45) is 4.47. The summed E-state index contributed by atoms with van der Waals surface area (Å²) >= 11 is 1.70. The fourth-order valence-corrected chi connectivity index (χ4v) is 2.71. The van der Waals surface area contributed by atoms with Gasteiger partial charge in [0.25, 0.3) is 0 Å². The number of thiophene rings is 1. The van der Waals surface area contributed by atoms with Gasteiger partial charge in [-0.25, -0.2) is 4.68 Å². The molecule has 1 unspecified atom stereocenters. The summed E-state index contributed by atoms with van der Waals surface area (Å²) in [7, 11) is 0. The highest BCUT2D eigenvalue weighted by molar-refractivity contribution is 7.09. The van der Waals surface area contributed by atoms with E-state index in [1.54, 1.807) is 17.5 Å². The van der Waals surface area contributed by atoms with E-state index >= 15 is 0 Å². The van der Waals surface area contributed by atoms with Gasteiger partial charge in [-0.3, -0.25) is 4.79 Å². The minimum absolute atomic E-state index is 0.0629. The molecule has 2 aromatic heterocycles. The molecule has 0 aromatic carbocycles. The molecule has 0 radical (unpaired) electrons. The summed E-state index contributed by atoms with van der Waals surface area (Å²) in [5.41, 5.74) is 6.71. The topological polar surface area (TPSA) is 85.8 Å². The second kappa shape index (κ2) is 7.90. The highest BCUT2D eigenvalue weighted by Crippen LogP contribution is 2.11. The van der Waals surface area contributed by atoms with Gasteiger partial charge < -0.3 is 11.1 Å². The minimum atomic E-state index is -0.106. The van der Waals surface area contributed by atoms with E-state index < -0.39 is 0 Å². The van der Waals surface area contributed by atoms with E-state index in [1.807, 2.05) is 11.4 Å². The maximum Gasteiger partial charge on any atom is 0.241 e. The highest BCUT2D eigenvalue weighted by Gasteiger charge is 2.11. The van der Waals surface area contributed by atoms with Crippen LogP contribution in [0.15, 0.2) is 23.7 Å². The van der Waals surface area contributed by atoms with Gasteiger partial charge in [0, 0.05) is 11.4 Å². The zero-order valence-electron chi connectivity index (χ0n) is 12.2. The molecule has 6 nitrogen and oxygen atoms in total. The average Bonchev–Trinajstić information content (AvgIpc) is 3.10. The van der Waals surface area contributed by atoms with Crippen LogP contribution in [0.1, 0.15) is 36.4 Å². The number of nitrogens with two attached hydrogens (primary N) is 1. The van der Waals surface area contributed by atoms with E-state index in [9.17, 15) is 4.79 Å². The van der Waals surface area contributed by atoms with Crippen molar-refractivity contribution in [2.75, 3.05) is 6.54 Å². The largest absolute Gasteiger partial charge is 0.354 e. The molecule has 2 aromatic rings. The normalized spacial score (nSPS) is 12.3. The number of amides is 1. The molecule has 1 amide bonds. The fraction of sp³-hybridized carbons (Fsp3) is 0.500. The molecule has 3 N–H and O–H groups in total. The lowest BCUT2D eigenvalue weighted by molar-refractivity contribution is -0.121. The molecule has 114 valence electrons. The third kappa shape index (κ3) is 4.95. The van der Waals surface area contributed by atoms with Crippen molar-refractivity contribution in [1.29, 1.82) is 0 Å². The monoisotopic (exact) mass is 307 g/mol. The Kier molecular flexibility index (Phi) is 5.89. The Hall–Kier alpha value is -1.73. The van der Waals surface area contributed by atoms with Gasteiger partial charge in [-0.1, -0.05) is 24.6 Å². The lowest BCUT2D eigenvalue weighted by Crippen LogP contribution is -2.29. The number of carbonyl (C=O) groups is 1. The van der Waals surface area contributed by atoms with E-state index in [0.717, 1.165) is 25.0 Å². The van der Waals surface area contributed by atoms with Gasteiger partial charge in [-0.05, 0) is 24.3 Å². The zero-order valence-corrected chi connectivity index (χ0v) is 13.0.